The highest BCUT2D eigenvalue weighted by molar-refractivity contribution is 7.88. The fraction of sp³-hybridized carbons (Fsp3) is 0.923. The van der Waals surface area contributed by atoms with Crippen molar-refractivity contribution in [1.29, 1.82) is 0 Å². The van der Waals surface area contributed by atoms with E-state index in [9.17, 15) is 13.2 Å². The summed E-state index contributed by atoms with van der Waals surface area (Å²) < 4.78 is 24.8. The average Bonchev–Trinajstić information content (AvgIpc) is 3.22. The minimum atomic E-state index is -3.19. The van der Waals surface area contributed by atoms with Gasteiger partial charge in [0.15, 0.2) is 0 Å². The lowest BCUT2D eigenvalue weighted by Gasteiger charge is -2.34. The van der Waals surface area contributed by atoms with Crippen molar-refractivity contribution >= 4 is 15.9 Å². The van der Waals surface area contributed by atoms with Crippen LogP contribution in [0.4, 0.5) is 0 Å². The van der Waals surface area contributed by atoms with E-state index in [1.165, 1.54) is 10.6 Å². The third-order valence-electron chi connectivity index (χ3n) is 4.10. The smallest absolute Gasteiger partial charge is 0.223 e. The SMILES string of the molecule is CCN1CCN(C(=O)CCN(C2CC2)S(C)(=O)=O)CC1. The van der Waals surface area contributed by atoms with Crippen LogP contribution in [0.5, 0.6) is 0 Å². The van der Waals surface area contributed by atoms with Gasteiger partial charge in [0.25, 0.3) is 0 Å². The second-order valence-corrected chi connectivity index (χ2v) is 7.60. The molecular formula is C13H25N3O3S. The van der Waals surface area contributed by atoms with Crippen LogP contribution in [0.2, 0.25) is 0 Å². The molecule has 1 saturated carbocycles. The van der Waals surface area contributed by atoms with Gasteiger partial charge in [-0.2, -0.15) is 4.31 Å². The Morgan fingerprint density at radius 1 is 1.20 bits per heavy atom. The first-order valence-electron chi connectivity index (χ1n) is 7.38. The van der Waals surface area contributed by atoms with E-state index in [1.54, 1.807) is 0 Å². The lowest BCUT2D eigenvalue weighted by molar-refractivity contribution is -0.133. The van der Waals surface area contributed by atoms with Crippen molar-refractivity contribution in [2.75, 3.05) is 45.5 Å². The van der Waals surface area contributed by atoms with Crippen molar-refractivity contribution in [1.82, 2.24) is 14.1 Å². The molecular weight excluding hydrogens is 278 g/mol. The molecule has 0 N–H and O–H groups in total. The molecule has 1 heterocycles. The number of hydrogen-bond acceptors (Lipinski definition) is 4. The van der Waals surface area contributed by atoms with Gasteiger partial charge in [-0.05, 0) is 19.4 Å². The highest BCUT2D eigenvalue weighted by atomic mass is 32.2. The zero-order chi connectivity index (χ0) is 14.8. The van der Waals surface area contributed by atoms with E-state index in [0.717, 1.165) is 45.6 Å². The summed E-state index contributed by atoms with van der Waals surface area (Å²) >= 11 is 0. The monoisotopic (exact) mass is 303 g/mol. The van der Waals surface area contributed by atoms with E-state index in [4.69, 9.17) is 0 Å². The Hall–Kier alpha value is -0.660. The number of carbonyl (C=O) groups is 1. The lowest BCUT2D eigenvalue weighted by atomic mass is 10.2. The summed E-state index contributed by atoms with van der Waals surface area (Å²) in [5, 5.41) is 0. The van der Waals surface area contributed by atoms with Gasteiger partial charge in [0.2, 0.25) is 15.9 Å². The van der Waals surface area contributed by atoms with Gasteiger partial charge in [-0.1, -0.05) is 6.92 Å². The van der Waals surface area contributed by atoms with E-state index in [-0.39, 0.29) is 11.9 Å². The van der Waals surface area contributed by atoms with Crippen molar-refractivity contribution in [2.45, 2.75) is 32.2 Å². The Kier molecular flexibility index (Phi) is 5.04. The average molecular weight is 303 g/mol. The summed E-state index contributed by atoms with van der Waals surface area (Å²) in [4.78, 5) is 16.3. The second kappa shape index (κ2) is 6.41. The van der Waals surface area contributed by atoms with E-state index < -0.39 is 10.0 Å². The Bertz CT molecular complexity index is 440. The highest BCUT2D eigenvalue weighted by Crippen LogP contribution is 2.28. The summed E-state index contributed by atoms with van der Waals surface area (Å²) in [6, 6.07) is 0.134. The summed E-state index contributed by atoms with van der Waals surface area (Å²) in [7, 11) is -3.19. The van der Waals surface area contributed by atoms with E-state index in [1.807, 2.05) is 4.90 Å². The normalized spacial score (nSPS) is 21.4. The van der Waals surface area contributed by atoms with Gasteiger partial charge >= 0.3 is 0 Å². The maximum atomic E-state index is 12.2. The minimum absolute atomic E-state index is 0.0788. The van der Waals surface area contributed by atoms with Gasteiger partial charge < -0.3 is 9.80 Å². The van der Waals surface area contributed by atoms with E-state index >= 15 is 0 Å². The molecule has 20 heavy (non-hydrogen) atoms. The van der Waals surface area contributed by atoms with Gasteiger partial charge in [-0.25, -0.2) is 8.42 Å². The molecule has 1 saturated heterocycles. The number of rotatable bonds is 6. The molecule has 0 radical (unpaired) electrons. The van der Waals surface area contributed by atoms with Crippen LogP contribution in [-0.4, -0.2) is 80.0 Å². The van der Waals surface area contributed by atoms with Crippen molar-refractivity contribution in [2.24, 2.45) is 0 Å². The molecule has 0 atom stereocenters. The van der Waals surface area contributed by atoms with E-state index in [2.05, 4.69) is 11.8 Å². The zero-order valence-corrected chi connectivity index (χ0v) is 13.2. The topological polar surface area (TPSA) is 60.9 Å². The van der Waals surface area contributed by atoms with Crippen LogP contribution in [0.3, 0.4) is 0 Å². The Morgan fingerprint density at radius 2 is 1.80 bits per heavy atom. The van der Waals surface area contributed by atoms with Gasteiger partial charge in [-0.15, -0.1) is 0 Å². The van der Waals surface area contributed by atoms with Gasteiger partial charge in [0, 0.05) is 45.2 Å². The van der Waals surface area contributed by atoms with Crippen LogP contribution in [0.15, 0.2) is 0 Å². The first kappa shape index (κ1) is 15.7. The summed E-state index contributed by atoms with van der Waals surface area (Å²) in [6.45, 7) is 6.82. The molecule has 0 aromatic rings. The van der Waals surface area contributed by atoms with Crippen LogP contribution in [-0.2, 0) is 14.8 Å². The number of likely N-dealkylation sites (N-methyl/N-ethyl adjacent to an activating group) is 1. The molecule has 1 amide bonds. The minimum Gasteiger partial charge on any atom is -0.340 e. The molecule has 6 nitrogen and oxygen atoms in total. The van der Waals surface area contributed by atoms with Crippen LogP contribution < -0.4 is 0 Å². The third-order valence-corrected chi connectivity index (χ3v) is 5.43. The lowest BCUT2D eigenvalue weighted by Crippen LogP contribution is -2.49. The number of hydrogen-bond donors (Lipinski definition) is 0. The third kappa shape index (κ3) is 4.17. The van der Waals surface area contributed by atoms with Crippen LogP contribution in [0.25, 0.3) is 0 Å². The quantitative estimate of drug-likeness (QED) is 0.691. The molecule has 2 aliphatic rings. The number of sulfonamides is 1. The molecule has 0 spiro atoms. The molecule has 116 valence electrons. The fourth-order valence-electron chi connectivity index (χ4n) is 2.66. The number of nitrogens with zero attached hydrogens (tertiary/aromatic N) is 3. The molecule has 0 aromatic heterocycles. The predicted octanol–water partition coefficient (Wildman–Crippen LogP) is -0.0354. The molecule has 7 heteroatoms. The molecule has 1 aliphatic heterocycles. The van der Waals surface area contributed by atoms with Crippen molar-refractivity contribution in [3.63, 3.8) is 0 Å². The number of carbonyl (C=O) groups excluding carboxylic acids is 1. The van der Waals surface area contributed by atoms with Crippen LogP contribution >= 0.6 is 0 Å². The molecule has 0 aromatic carbocycles. The molecule has 2 rings (SSSR count). The Balaban J connectivity index is 1.80. The zero-order valence-electron chi connectivity index (χ0n) is 12.4. The number of amides is 1. The summed E-state index contributed by atoms with van der Waals surface area (Å²) in [6.07, 6.45) is 3.39. The maximum Gasteiger partial charge on any atom is 0.223 e. The van der Waals surface area contributed by atoms with Gasteiger partial charge in [0.05, 0.1) is 6.26 Å². The molecule has 0 bridgehead atoms. The molecule has 1 aliphatic carbocycles. The van der Waals surface area contributed by atoms with Crippen molar-refractivity contribution in [3.8, 4) is 0 Å². The second-order valence-electron chi connectivity index (χ2n) is 5.67. The first-order chi connectivity index (χ1) is 9.41. The Morgan fingerprint density at radius 3 is 2.25 bits per heavy atom. The standard InChI is InChI=1S/C13H25N3O3S/c1-3-14-8-10-15(11-9-14)13(17)6-7-16(12-4-5-12)20(2,18)19/h12H,3-11H2,1-2H3. The predicted molar refractivity (Wildman–Crippen MR) is 77.9 cm³/mol. The fourth-order valence-corrected chi connectivity index (χ4v) is 3.83. The number of piperazine rings is 1. The van der Waals surface area contributed by atoms with Crippen molar-refractivity contribution < 1.29 is 13.2 Å². The van der Waals surface area contributed by atoms with Gasteiger partial charge in [-0.3, -0.25) is 4.79 Å². The molecule has 0 unspecified atom stereocenters. The maximum absolute atomic E-state index is 12.2. The Labute approximate surface area is 121 Å². The van der Waals surface area contributed by atoms with Crippen LogP contribution in [0.1, 0.15) is 26.2 Å². The van der Waals surface area contributed by atoms with Crippen LogP contribution in [0, 0.1) is 0 Å². The van der Waals surface area contributed by atoms with Crippen molar-refractivity contribution in [3.05, 3.63) is 0 Å². The first-order valence-corrected chi connectivity index (χ1v) is 9.23. The van der Waals surface area contributed by atoms with E-state index in [0.29, 0.717) is 13.0 Å². The summed E-state index contributed by atoms with van der Waals surface area (Å²) in [5.41, 5.74) is 0. The largest absolute Gasteiger partial charge is 0.340 e. The highest BCUT2D eigenvalue weighted by Gasteiger charge is 2.35. The van der Waals surface area contributed by atoms with Gasteiger partial charge in [0.1, 0.15) is 0 Å². The molecule has 2 fully saturated rings. The summed E-state index contributed by atoms with van der Waals surface area (Å²) in [5.74, 6) is 0.0788.